The Labute approximate surface area is 96.0 Å². The molecule has 1 aliphatic heterocycles. The Morgan fingerprint density at radius 2 is 1.81 bits per heavy atom. The van der Waals surface area contributed by atoms with Gasteiger partial charge in [0.2, 0.25) is 0 Å². The van der Waals surface area contributed by atoms with Gasteiger partial charge in [-0.2, -0.15) is 0 Å². The number of rotatable bonds is 2. The van der Waals surface area contributed by atoms with Crippen LogP contribution in [0.5, 0.6) is 0 Å². The van der Waals surface area contributed by atoms with Crippen molar-refractivity contribution in [3.05, 3.63) is 29.8 Å². The average molecular weight is 217 g/mol. The fourth-order valence-corrected chi connectivity index (χ4v) is 1.96. The van der Waals surface area contributed by atoms with Crippen molar-refractivity contribution >= 4 is 18.3 Å². The molecule has 2 rings (SSSR count). The molecule has 0 unspecified atom stereocenters. The summed E-state index contributed by atoms with van der Waals surface area (Å²) in [6.07, 6.45) is 2.07. The van der Waals surface area contributed by atoms with Crippen molar-refractivity contribution in [3.63, 3.8) is 0 Å². The molecule has 0 aliphatic carbocycles. The van der Waals surface area contributed by atoms with E-state index in [1.54, 1.807) is 12.1 Å². The number of hydrogen-bond donors (Lipinski definition) is 2. The van der Waals surface area contributed by atoms with Gasteiger partial charge >= 0.3 is 7.12 Å². The van der Waals surface area contributed by atoms with Crippen LogP contribution in [0.1, 0.15) is 32.3 Å². The summed E-state index contributed by atoms with van der Waals surface area (Å²) < 4.78 is 0. The molecule has 1 aliphatic rings. The van der Waals surface area contributed by atoms with Gasteiger partial charge in [0.25, 0.3) is 0 Å². The zero-order valence-corrected chi connectivity index (χ0v) is 9.64. The fourth-order valence-electron chi connectivity index (χ4n) is 1.96. The van der Waals surface area contributed by atoms with Crippen LogP contribution in [0.25, 0.3) is 0 Å². The Bertz CT molecular complexity index is 410. The van der Waals surface area contributed by atoms with Crippen molar-refractivity contribution in [1.29, 1.82) is 0 Å². The Morgan fingerprint density at radius 3 is 2.25 bits per heavy atom. The third kappa shape index (κ3) is 2.34. The fraction of sp³-hybridized carbons (Fsp3) is 0.417. The normalized spacial score (nSPS) is 18.4. The first kappa shape index (κ1) is 11.4. The lowest BCUT2D eigenvalue weighted by Gasteiger charge is -2.10. The molecule has 0 spiro atoms. The summed E-state index contributed by atoms with van der Waals surface area (Å²) in [5.41, 5.74) is 2.75. The predicted octanol–water partition coefficient (Wildman–Crippen LogP) is 0.728. The summed E-state index contributed by atoms with van der Waals surface area (Å²) >= 11 is 0. The van der Waals surface area contributed by atoms with E-state index < -0.39 is 7.12 Å². The van der Waals surface area contributed by atoms with Crippen LogP contribution in [0.15, 0.2) is 29.3 Å². The van der Waals surface area contributed by atoms with Gasteiger partial charge in [-0.1, -0.05) is 24.3 Å². The molecule has 0 atom stereocenters. The van der Waals surface area contributed by atoms with Crippen LogP contribution in [0, 0.1) is 0 Å². The van der Waals surface area contributed by atoms with E-state index in [0.29, 0.717) is 5.46 Å². The van der Waals surface area contributed by atoms with E-state index in [9.17, 15) is 0 Å². The van der Waals surface area contributed by atoms with Crippen LogP contribution >= 0.6 is 0 Å². The molecule has 0 fully saturated rings. The molecule has 0 bridgehead atoms. The Balaban J connectivity index is 2.23. The zero-order chi connectivity index (χ0) is 11.8. The van der Waals surface area contributed by atoms with Crippen molar-refractivity contribution in [2.75, 3.05) is 0 Å². The van der Waals surface area contributed by atoms with Gasteiger partial charge in [-0.3, -0.25) is 4.99 Å². The maximum atomic E-state index is 8.99. The van der Waals surface area contributed by atoms with E-state index in [1.165, 1.54) is 0 Å². The molecule has 1 aromatic carbocycles. The number of hydrogen-bond acceptors (Lipinski definition) is 3. The highest BCUT2D eigenvalue weighted by atomic mass is 16.4. The minimum atomic E-state index is -1.39. The molecule has 0 saturated heterocycles. The van der Waals surface area contributed by atoms with Crippen LogP contribution < -0.4 is 5.46 Å². The molecule has 3 nitrogen and oxygen atoms in total. The van der Waals surface area contributed by atoms with Gasteiger partial charge in [-0.25, -0.2) is 0 Å². The quantitative estimate of drug-likeness (QED) is 0.717. The Kier molecular flexibility index (Phi) is 2.87. The highest BCUT2D eigenvalue weighted by molar-refractivity contribution is 6.58. The maximum Gasteiger partial charge on any atom is 0.488 e. The van der Waals surface area contributed by atoms with E-state index in [1.807, 2.05) is 12.1 Å². The minimum Gasteiger partial charge on any atom is -0.423 e. The van der Waals surface area contributed by atoms with Gasteiger partial charge in [0.1, 0.15) is 0 Å². The second kappa shape index (κ2) is 4.03. The molecule has 1 aromatic rings. The monoisotopic (exact) mass is 217 g/mol. The van der Waals surface area contributed by atoms with E-state index >= 15 is 0 Å². The minimum absolute atomic E-state index is 0.0461. The molecule has 0 aromatic heterocycles. The highest BCUT2D eigenvalue weighted by Crippen LogP contribution is 2.27. The van der Waals surface area contributed by atoms with E-state index in [0.717, 1.165) is 24.1 Å². The van der Waals surface area contributed by atoms with Crippen LogP contribution in [0.3, 0.4) is 0 Å². The first-order valence-corrected chi connectivity index (χ1v) is 5.53. The topological polar surface area (TPSA) is 52.8 Å². The van der Waals surface area contributed by atoms with Crippen molar-refractivity contribution in [2.45, 2.75) is 32.2 Å². The molecule has 0 saturated carbocycles. The summed E-state index contributed by atoms with van der Waals surface area (Å²) in [4.78, 5) is 4.66. The molecular weight excluding hydrogens is 201 g/mol. The van der Waals surface area contributed by atoms with Gasteiger partial charge < -0.3 is 10.0 Å². The number of aliphatic imine (C=N–C) groups is 1. The van der Waals surface area contributed by atoms with Crippen molar-refractivity contribution in [2.24, 2.45) is 4.99 Å². The lowest BCUT2D eigenvalue weighted by molar-refractivity contribution is 0.426. The summed E-state index contributed by atoms with van der Waals surface area (Å²) in [5, 5.41) is 18.0. The van der Waals surface area contributed by atoms with Crippen LogP contribution in [0.2, 0.25) is 0 Å². The van der Waals surface area contributed by atoms with Gasteiger partial charge in [0.05, 0.1) is 5.54 Å². The van der Waals surface area contributed by atoms with Crippen LogP contribution in [0.4, 0.5) is 0 Å². The van der Waals surface area contributed by atoms with E-state index in [-0.39, 0.29) is 5.54 Å². The number of benzene rings is 1. The van der Waals surface area contributed by atoms with Crippen LogP contribution in [-0.4, -0.2) is 28.4 Å². The molecule has 0 radical (unpaired) electrons. The third-order valence-corrected chi connectivity index (χ3v) is 2.95. The molecule has 2 N–H and O–H groups in total. The largest absolute Gasteiger partial charge is 0.488 e. The van der Waals surface area contributed by atoms with Gasteiger partial charge in [-0.15, -0.1) is 0 Å². The standard InChI is InChI=1S/C12H16BNO2/c1-12(2)8-7-11(14-12)9-3-5-10(6-4-9)13(15)16/h3-6,15-16H,7-8H2,1-2H3. The van der Waals surface area contributed by atoms with Gasteiger partial charge in [-0.05, 0) is 37.7 Å². The average Bonchev–Trinajstić information content (AvgIpc) is 2.59. The first-order chi connectivity index (χ1) is 7.48. The van der Waals surface area contributed by atoms with Gasteiger partial charge in [0, 0.05) is 5.71 Å². The second-order valence-corrected chi connectivity index (χ2v) is 4.87. The van der Waals surface area contributed by atoms with Crippen molar-refractivity contribution in [3.8, 4) is 0 Å². The summed E-state index contributed by atoms with van der Waals surface area (Å²) in [7, 11) is -1.39. The van der Waals surface area contributed by atoms with Crippen molar-refractivity contribution < 1.29 is 10.0 Å². The second-order valence-electron chi connectivity index (χ2n) is 4.87. The Hall–Kier alpha value is -1.13. The maximum absolute atomic E-state index is 8.99. The lowest BCUT2D eigenvalue weighted by Crippen LogP contribution is -2.29. The molecule has 4 heteroatoms. The zero-order valence-electron chi connectivity index (χ0n) is 9.64. The summed E-state index contributed by atoms with van der Waals surface area (Å²) in [6.45, 7) is 4.26. The molecule has 16 heavy (non-hydrogen) atoms. The predicted molar refractivity (Wildman–Crippen MR) is 66.1 cm³/mol. The Morgan fingerprint density at radius 1 is 1.19 bits per heavy atom. The smallest absolute Gasteiger partial charge is 0.423 e. The SMILES string of the molecule is CC1(C)CCC(c2ccc(B(O)O)cc2)=N1. The van der Waals surface area contributed by atoms with Gasteiger partial charge in [0.15, 0.2) is 0 Å². The van der Waals surface area contributed by atoms with Crippen molar-refractivity contribution in [1.82, 2.24) is 0 Å². The third-order valence-electron chi connectivity index (χ3n) is 2.95. The molecular formula is C12H16BNO2. The van der Waals surface area contributed by atoms with E-state index in [4.69, 9.17) is 10.0 Å². The highest BCUT2D eigenvalue weighted by Gasteiger charge is 2.25. The molecule has 1 heterocycles. The lowest BCUT2D eigenvalue weighted by atomic mass is 9.80. The molecule has 0 amide bonds. The first-order valence-electron chi connectivity index (χ1n) is 5.53. The van der Waals surface area contributed by atoms with E-state index in [2.05, 4.69) is 18.8 Å². The summed E-state index contributed by atoms with van der Waals surface area (Å²) in [5.74, 6) is 0. The number of nitrogens with zero attached hydrogens (tertiary/aromatic N) is 1. The van der Waals surface area contributed by atoms with Crippen LogP contribution in [-0.2, 0) is 0 Å². The molecule has 84 valence electrons. The summed E-state index contributed by atoms with van der Waals surface area (Å²) in [6, 6.07) is 7.26.